The van der Waals surface area contributed by atoms with Gasteiger partial charge in [0, 0.05) is 11.3 Å². The van der Waals surface area contributed by atoms with Gasteiger partial charge in [-0.05, 0) is 30.7 Å². The van der Waals surface area contributed by atoms with Gasteiger partial charge in [-0.1, -0.05) is 18.2 Å². The number of rotatable bonds is 7. The monoisotopic (exact) mass is 416 g/mol. The van der Waals surface area contributed by atoms with Crippen LogP contribution in [0.3, 0.4) is 0 Å². The highest BCUT2D eigenvalue weighted by molar-refractivity contribution is 7.15. The van der Waals surface area contributed by atoms with Gasteiger partial charge in [-0.2, -0.15) is 0 Å². The van der Waals surface area contributed by atoms with Gasteiger partial charge in [-0.25, -0.2) is 9.37 Å². The van der Waals surface area contributed by atoms with Crippen molar-refractivity contribution >= 4 is 22.4 Å². The zero-order valence-corrected chi connectivity index (χ0v) is 17.4. The van der Waals surface area contributed by atoms with Crippen molar-refractivity contribution in [2.24, 2.45) is 0 Å². The standard InChI is InChI=1S/C21H21FN2O4S/c1-12-17(11-13-7-5-6-8-15(13)22)29-21(23-12)24-20(25)14-9-10-16(26-2)19(28-4)18(14)27-3/h5-10H,11H2,1-4H3,(H,23,24,25). The summed E-state index contributed by atoms with van der Waals surface area (Å²) in [5.74, 6) is 0.399. The van der Waals surface area contributed by atoms with E-state index in [4.69, 9.17) is 14.2 Å². The van der Waals surface area contributed by atoms with Crippen LogP contribution in [0.15, 0.2) is 36.4 Å². The maximum absolute atomic E-state index is 13.9. The highest BCUT2D eigenvalue weighted by Crippen LogP contribution is 2.40. The van der Waals surface area contributed by atoms with E-state index in [1.54, 1.807) is 30.3 Å². The molecule has 0 spiro atoms. The second-order valence-electron chi connectivity index (χ2n) is 6.13. The normalized spacial score (nSPS) is 10.5. The van der Waals surface area contributed by atoms with Gasteiger partial charge in [0.05, 0.1) is 32.6 Å². The lowest BCUT2D eigenvalue weighted by Gasteiger charge is -2.15. The Bertz CT molecular complexity index is 1040. The molecule has 0 atom stereocenters. The van der Waals surface area contributed by atoms with Crippen LogP contribution in [0.4, 0.5) is 9.52 Å². The van der Waals surface area contributed by atoms with E-state index in [9.17, 15) is 9.18 Å². The van der Waals surface area contributed by atoms with Crippen LogP contribution in [-0.4, -0.2) is 32.2 Å². The van der Waals surface area contributed by atoms with Gasteiger partial charge < -0.3 is 14.2 Å². The highest BCUT2D eigenvalue weighted by atomic mass is 32.1. The van der Waals surface area contributed by atoms with Crippen LogP contribution in [0.2, 0.25) is 0 Å². The number of aromatic nitrogens is 1. The van der Waals surface area contributed by atoms with Crippen molar-refractivity contribution in [2.75, 3.05) is 26.6 Å². The Kier molecular flexibility index (Phi) is 6.33. The number of nitrogens with zero attached hydrogens (tertiary/aromatic N) is 1. The molecule has 29 heavy (non-hydrogen) atoms. The number of carbonyl (C=O) groups is 1. The lowest BCUT2D eigenvalue weighted by atomic mass is 10.1. The molecule has 0 aliphatic heterocycles. The molecule has 6 nitrogen and oxygen atoms in total. The fraction of sp³-hybridized carbons (Fsp3) is 0.238. The second kappa shape index (κ2) is 8.91. The zero-order chi connectivity index (χ0) is 21.0. The highest BCUT2D eigenvalue weighted by Gasteiger charge is 2.22. The molecular weight excluding hydrogens is 395 g/mol. The minimum absolute atomic E-state index is 0.263. The number of halogens is 1. The molecule has 1 aromatic heterocycles. The van der Waals surface area contributed by atoms with E-state index in [1.165, 1.54) is 38.7 Å². The minimum Gasteiger partial charge on any atom is -0.493 e. The molecule has 1 N–H and O–H groups in total. The third-order valence-electron chi connectivity index (χ3n) is 4.37. The number of anilines is 1. The molecule has 8 heteroatoms. The summed E-state index contributed by atoms with van der Waals surface area (Å²) < 4.78 is 29.9. The maximum atomic E-state index is 13.9. The maximum Gasteiger partial charge on any atom is 0.261 e. The Hall–Kier alpha value is -3.13. The van der Waals surface area contributed by atoms with Gasteiger partial charge in [0.2, 0.25) is 5.75 Å². The molecule has 0 fully saturated rings. The molecule has 0 unspecified atom stereocenters. The fourth-order valence-electron chi connectivity index (χ4n) is 2.90. The summed E-state index contributed by atoms with van der Waals surface area (Å²) in [4.78, 5) is 18.1. The molecule has 2 aromatic carbocycles. The van der Waals surface area contributed by atoms with Crippen molar-refractivity contribution in [1.82, 2.24) is 4.98 Å². The smallest absolute Gasteiger partial charge is 0.261 e. The first-order valence-electron chi connectivity index (χ1n) is 8.78. The summed E-state index contributed by atoms with van der Waals surface area (Å²) in [7, 11) is 4.43. The lowest BCUT2D eigenvalue weighted by Crippen LogP contribution is -2.13. The average molecular weight is 416 g/mol. The molecule has 152 valence electrons. The molecule has 0 bridgehead atoms. The van der Waals surface area contributed by atoms with Crippen LogP contribution in [0.25, 0.3) is 0 Å². The molecule has 0 saturated heterocycles. The summed E-state index contributed by atoms with van der Waals surface area (Å²) in [6.07, 6.45) is 0.408. The summed E-state index contributed by atoms with van der Waals surface area (Å²) in [5, 5.41) is 3.21. The van der Waals surface area contributed by atoms with E-state index in [-0.39, 0.29) is 17.1 Å². The minimum atomic E-state index is -0.394. The molecule has 0 saturated carbocycles. The van der Waals surface area contributed by atoms with Crippen LogP contribution >= 0.6 is 11.3 Å². The predicted molar refractivity (Wildman–Crippen MR) is 110 cm³/mol. The number of thiazole rings is 1. The average Bonchev–Trinajstić information content (AvgIpc) is 3.06. The topological polar surface area (TPSA) is 69.7 Å². The molecule has 0 aliphatic carbocycles. The lowest BCUT2D eigenvalue weighted by molar-refractivity contribution is 0.102. The molecule has 1 heterocycles. The van der Waals surface area contributed by atoms with Gasteiger partial charge in [-0.3, -0.25) is 10.1 Å². The summed E-state index contributed by atoms with van der Waals surface area (Å²) in [6.45, 7) is 1.83. The SMILES string of the molecule is COc1ccc(C(=O)Nc2nc(C)c(Cc3ccccc3F)s2)c(OC)c1OC. The first-order chi connectivity index (χ1) is 14.0. The van der Waals surface area contributed by atoms with Crippen molar-refractivity contribution in [3.05, 3.63) is 63.9 Å². The number of hydrogen-bond donors (Lipinski definition) is 1. The molecule has 3 rings (SSSR count). The largest absolute Gasteiger partial charge is 0.493 e. The number of methoxy groups -OCH3 is 3. The van der Waals surface area contributed by atoms with E-state index >= 15 is 0 Å². The Morgan fingerprint density at radius 2 is 1.79 bits per heavy atom. The van der Waals surface area contributed by atoms with Crippen molar-refractivity contribution < 1.29 is 23.4 Å². The van der Waals surface area contributed by atoms with Gasteiger partial charge in [-0.15, -0.1) is 11.3 Å². The van der Waals surface area contributed by atoms with Gasteiger partial charge in [0.25, 0.3) is 5.91 Å². The number of carbonyl (C=O) groups excluding carboxylic acids is 1. The first-order valence-corrected chi connectivity index (χ1v) is 9.60. The van der Waals surface area contributed by atoms with Crippen LogP contribution in [-0.2, 0) is 6.42 Å². The van der Waals surface area contributed by atoms with E-state index in [0.29, 0.717) is 28.6 Å². The van der Waals surface area contributed by atoms with E-state index in [0.717, 1.165) is 10.6 Å². The van der Waals surface area contributed by atoms with E-state index in [2.05, 4.69) is 10.3 Å². The van der Waals surface area contributed by atoms with Gasteiger partial charge in [0.15, 0.2) is 16.6 Å². The number of amides is 1. The molecule has 0 radical (unpaired) electrons. The van der Waals surface area contributed by atoms with Crippen LogP contribution < -0.4 is 19.5 Å². The molecule has 1 amide bonds. The van der Waals surface area contributed by atoms with Crippen LogP contribution in [0, 0.1) is 12.7 Å². The van der Waals surface area contributed by atoms with Crippen molar-refractivity contribution in [3.8, 4) is 17.2 Å². The van der Waals surface area contributed by atoms with Gasteiger partial charge >= 0.3 is 0 Å². The summed E-state index contributed by atoms with van der Waals surface area (Å²) >= 11 is 1.31. The van der Waals surface area contributed by atoms with Crippen LogP contribution in [0.5, 0.6) is 17.2 Å². The van der Waals surface area contributed by atoms with E-state index in [1.807, 2.05) is 6.92 Å². The molecular formula is C21H21FN2O4S. The van der Waals surface area contributed by atoms with Crippen molar-refractivity contribution in [3.63, 3.8) is 0 Å². The number of benzene rings is 2. The summed E-state index contributed by atoms with van der Waals surface area (Å²) in [5.41, 5.74) is 1.61. The van der Waals surface area contributed by atoms with Crippen molar-refractivity contribution in [2.45, 2.75) is 13.3 Å². The van der Waals surface area contributed by atoms with Crippen molar-refractivity contribution in [1.29, 1.82) is 0 Å². The number of aryl methyl sites for hydroxylation is 1. The predicted octanol–water partition coefficient (Wildman–Crippen LogP) is 4.46. The fourth-order valence-corrected chi connectivity index (χ4v) is 3.89. The second-order valence-corrected chi connectivity index (χ2v) is 7.22. The molecule has 0 aliphatic rings. The number of hydrogen-bond acceptors (Lipinski definition) is 6. The van der Waals surface area contributed by atoms with Crippen LogP contribution in [0.1, 0.15) is 26.5 Å². The quantitative estimate of drug-likeness (QED) is 0.616. The Labute approximate surface area is 172 Å². The number of ether oxygens (including phenoxy) is 3. The Morgan fingerprint density at radius 1 is 1.07 bits per heavy atom. The third-order valence-corrected chi connectivity index (χ3v) is 5.44. The van der Waals surface area contributed by atoms with Gasteiger partial charge in [0.1, 0.15) is 5.82 Å². The Balaban J connectivity index is 1.84. The first kappa shape index (κ1) is 20.6. The Morgan fingerprint density at radius 3 is 2.45 bits per heavy atom. The van der Waals surface area contributed by atoms with E-state index < -0.39 is 5.91 Å². The summed E-state index contributed by atoms with van der Waals surface area (Å²) in [6, 6.07) is 9.84. The third kappa shape index (κ3) is 4.32. The number of nitrogens with one attached hydrogen (secondary N) is 1. The molecule has 3 aromatic rings. The zero-order valence-electron chi connectivity index (χ0n) is 16.5.